The standard InChI is InChI=1S/C13H18N2O/c16-13(7-12-3-1-2-4-15-12)5-10-8-14-9-11(10)6-13/h1-4,10-11,14,16H,5-9H2/t10-,11-/m0/s1. The lowest BCUT2D eigenvalue weighted by Gasteiger charge is -2.23. The summed E-state index contributed by atoms with van der Waals surface area (Å²) in [6.07, 6.45) is 4.37. The van der Waals surface area contributed by atoms with E-state index in [-0.39, 0.29) is 0 Å². The molecule has 0 unspecified atom stereocenters. The normalized spacial score (nSPS) is 31.6. The second-order valence-electron chi connectivity index (χ2n) is 5.31. The maximum Gasteiger partial charge on any atom is 0.0709 e. The number of nitrogens with zero attached hydrogens (tertiary/aromatic N) is 1. The van der Waals surface area contributed by atoms with Crippen molar-refractivity contribution in [1.82, 2.24) is 10.3 Å². The summed E-state index contributed by atoms with van der Waals surface area (Å²) in [6.45, 7) is 2.16. The smallest absolute Gasteiger partial charge is 0.0709 e. The van der Waals surface area contributed by atoms with Crippen LogP contribution in [-0.2, 0) is 6.42 Å². The predicted molar refractivity (Wildman–Crippen MR) is 62.0 cm³/mol. The number of nitrogens with one attached hydrogen (secondary N) is 1. The lowest BCUT2D eigenvalue weighted by molar-refractivity contribution is 0.0389. The van der Waals surface area contributed by atoms with E-state index in [1.807, 2.05) is 18.2 Å². The molecule has 3 nitrogen and oxygen atoms in total. The molecule has 1 aromatic heterocycles. The Bertz CT molecular complexity index is 353. The molecule has 2 atom stereocenters. The third-order valence-electron chi connectivity index (χ3n) is 4.00. The first-order chi connectivity index (χ1) is 7.75. The van der Waals surface area contributed by atoms with Crippen LogP contribution in [0.3, 0.4) is 0 Å². The number of pyridine rings is 1. The molecular weight excluding hydrogens is 200 g/mol. The summed E-state index contributed by atoms with van der Waals surface area (Å²) in [5.41, 5.74) is 0.504. The quantitative estimate of drug-likeness (QED) is 0.778. The van der Waals surface area contributed by atoms with Crippen molar-refractivity contribution in [2.75, 3.05) is 13.1 Å². The minimum Gasteiger partial charge on any atom is -0.389 e. The Morgan fingerprint density at radius 2 is 2.06 bits per heavy atom. The molecule has 0 radical (unpaired) electrons. The number of hydrogen-bond donors (Lipinski definition) is 2. The Balaban J connectivity index is 1.71. The molecule has 3 heteroatoms. The average molecular weight is 218 g/mol. The summed E-state index contributed by atoms with van der Waals surface area (Å²) in [4.78, 5) is 4.31. The van der Waals surface area contributed by atoms with E-state index in [1.54, 1.807) is 6.20 Å². The van der Waals surface area contributed by atoms with E-state index in [0.29, 0.717) is 18.3 Å². The van der Waals surface area contributed by atoms with E-state index in [2.05, 4.69) is 10.3 Å². The van der Waals surface area contributed by atoms with E-state index in [1.165, 1.54) is 0 Å². The molecule has 0 amide bonds. The SMILES string of the molecule is OC1(Cc2ccccn2)C[C@H]2CNC[C@@H]2C1. The lowest BCUT2D eigenvalue weighted by atomic mass is 9.94. The highest BCUT2D eigenvalue weighted by Crippen LogP contribution is 2.42. The van der Waals surface area contributed by atoms with Crippen molar-refractivity contribution in [3.63, 3.8) is 0 Å². The van der Waals surface area contributed by atoms with Crippen LogP contribution in [0.15, 0.2) is 24.4 Å². The van der Waals surface area contributed by atoms with Crippen LogP contribution in [0.1, 0.15) is 18.5 Å². The lowest BCUT2D eigenvalue weighted by Crippen LogP contribution is -2.31. The molecular formula is C13H18N2O. The van der Waals surface area contributed by atoms with Gasteiger partial charge in [0.15, 0.2) is 0 Å². The van der Waals surface area contributed by atoms with Gasteiger partial charge in [-0.05, 0) is 49.9 Å². The number of aromatic nitrogens is 1. The van der Waals surface area contributed by atoms with Gasteiger partial charge >= 0.3 is 0 Å². The summed E-state index contributed by atoms with van der Waals surface area (Å²) in [6, 6.07) is 5.91. The first kappa shape index (κ1) is 10.2. The largest absolute Gasteiger partial charge is 0.389 e. The zero-order chi connectivity index (χ0) is 11.0. The van der Waals surface area contributed by atoms with E-state index in [4.69, 9.17) is 0 Å². The zero-order valence-corrected chi connectivity index (χ0v) is 9.39. The molecule has 0 bridgehead atoms. The highest BCUT2D eigenvalue weighted by atomic mass is 16.3. The van der Waals surface area contributed by atoms with Crippen LogP contribution < -0.4 is 5.32 Å². The van der Waals surface area contributed by atoms with Crippen LogP contribution in [-0.4, -0.2) is 28.8 Å². The van der Waals surface area contributed by atoms with Crippen molar-refractivity contribution < 1.29 is 5.11 Å². The molecule has 1 aliphatic heterocycles. The fraction of sp³-hybridized carbons (Fsp3) is 0.615. The van der Waals surface area contributed by atoms with Crippen molar-refractivity contribution >= 4 is 0 Å². The molecule has 2 aliphatic rings. The second kappa shape index (κ2) is 3.82. The Morgan fingerprint density at radius 3 is 2.69 bits per heavy atom. The van der Waals surface area contributed by atoms with Crippen LogP contribution in [0.5, 0.6) is 0 Å². The van der Waals surface area contributed by atoms with E-state index >= 15 is 0 Å². The molecule has 3 rings (SSSR count). The minimum atomic E-state index is -0.508. The van der Waals surface area contributed by atoms with Gasteiger partial charge in [0.1, 0.15) is 0 Å². The van der Waals surface area contributed by atoms with Gasteiger partial charge < -0.3 is 10.4 Å². The molecule has 2 fully saturated rings. The molecule has 1 aromatic rings. The van der Waals surface area contributed by atoms with Gasteiger partial charge in [0, 0.05) is 18.3 Å². The van der Waals surface area contributed by atoms with Crippen molar-refractivity contribution in [3.05, 3.63) is 30.1 Å². The monoisotopic (exact) mass is 218 g/mol. The molecule has 1 aliphatic carbocycles. The van der Waals surface area contributed by atoms with Crippen LogP contribution >= 0.6 is 0 Å². The number of fused-ring (bicyclic) bond motifs is 1. The van der Waals surface area contributed by atoms with Crippen LogP contribution in [0, 0.1) is 11.8 Å². The van der Waals surface area contributed by atoms with Crippen LogP contribution in [0.25, 0.3) is 0 Å². The fourth-order valence-electron chi connectivity index (χ4n) is 3.31. The third kappa shape index (κ3) is 1.85. The van der Waals surface area contributed by atoms with Gasteiger partial charge in [0.2, 0.25) is 0 Å². The second-order valence-corrected chi connectivity index (χ2v) is 5.31. The molecule has 0 aromatic carbocycles. The maximum absolute atomic E-state index is 10.6. The minimum absolute atomic E-state index is 0.508. The maximum atomic E-state index is 10.6. The van der Waals surface area contributed by atoms with Gasteiger partial charge in [-0.1, -0.05) is 6.07 Å². The summed E-state index contributed by atoms with van der Waals surface area (Å²) >= 11 is 0. The molecule has 1 saturated carbocycles. The van der Waals surface area contributed by atoms with Gasteiger partial charge in [-0.15, -0.1) is 0 Å². The predicted octanol–water partition coefficient (Wildman–Crippen LogP) is 0.985. The van der Waals surface area contributed by atoms with E-state index in [9.17, 15) is 5.11 Å². The molecule has 86 valence electrons. The third-order valence-corrected chi connectivity index (χ3v) is 4.00. The van der Waals surface area contributed by atoms with Crippen molar-refractivity contribution in [1.29, 1.82) is 0 Å². The molecule has 2 N–H and O–H groups in total. The summed E-state index contributed by atoms with van der Waals surface area (Å²) in [5.74, 6) is 1.35. The highest BCUT2D eigenvalue weighted by Gasteiger charge is 2.45. The van der Waals surface area contributed by atoms with E-state index in [0.717, 1.165) is 31.6 Å². The molecule has 2 heterocycles. The Labute approximate surface area is 95.9 Å². The van der Waals surface area contributed by atoms with Crippen molar-refractivity contribution in [2.24, 2.45) is 11.8 Å². The topological polar surface area (TPSA) is 45.2 Å². The molecule has 1 saturated heterocycles. The van der Waals surface area contributed by atoms with Gasteiger partial charge in [-0.2, -0.15) is 0 Å². The van der Waals surface area contributed by atoms with Crippen molar-refractivity contribution in [2.45, 2.75) is 24.9 Å². The van der Waals surface area contributed by atoms with Crippen LogP contribution in [0.2, 0.25) is 0 Å². The molecule has 0 spiro atoms. The number of rotatable bonds is 2. The summed E-state index contributed by atoms with van der Waals surface area (Å²) in [5, 5.41) is 14.0. The Hall–Kier alpha value is -0.930. The Morgan fingerprint density at radius 1 is 1.31 bits per heavy atom. The first-order valence-corrected chi connectivity index (χ1v) is 6.08. The van der Waals surface area contributed by atoms with Crippen molar-refractivity contribution in [3.8, 4) is 0 Å². The van der Waals surface area contributed by atoms with Gasteiger partial charge in [0.25, 0.3) is 0 Å². The number of hydrogen-bond acceptors (Lipinski definition) is 3. The number of aliphatic hydroxyl groups is 1. The molecule has 16 heavy (non-hydrogen) atoms. The Kier molecular flexibility index (Phi) is 2.45. The average Bonchev–Trinajstić information content (AvgIpc) is 2.77. The van der Waals surface area contributed by atoms with Gasteiger partial charge in [0.05, 0.1) is 5.60 Å². The van der Waals surface area contributed by atoms with Gasteiger partial charge in [-0.3, -0.25) is 4.98 Å². The first-order valence-electron chi connectivity index (χ1n) is 6.08. The fourth-order valence-corrected chi connectivity index (χ4v) is 3.31. The zero-order valence-electron chi connectivity index (χ0n) is 9.39. The summed E-state index contributed by atoms with van der Waals surface area (Å²) in [7, 11) is 0. The van der Waals surface area contributed by atoms with Crippen LogP contribution in [0.4, 0.5) is 0 Å². The van der Waals surface area contributed by atoms with E-state index < -0.39 is 5.60 Å². The summed E-state index contributed by atoms with van der Waals surface area (Å²) < 4.78 is 0. The highest BCUT2D eigenvalue weighted by molar-refractivity contribution is 5.10. The van der Waals surface area contributed by atoms with Gasteiger partial charge in [-0.25, -0.2) is 0 Å².